The fraction of sp³-hybridized carbons (Fsp3) is 0.800. The summed E-state index contributed by atoms with van der Waals surface area (Å²) in [5.41, 5.74) is 0. The molecule has 0 fully saturated rings. The van der Waals surface area contributed by atoms with Crippen LogP contribution in [0.25, 0.3) is 0 Å². The quantitative estimate of drug-likeness (QED) is 0.397. The molecule has 11 heavy (non-hydrogen) atoms. The van der Waals surface area contributed by atoms with E-state index in [0.29, 0.717) is 0 Å². The Kier molecular flexibility index (Phi) is 9.44. The summed E-state index contributed by atoms with van der Waals surface area (Å²) in [6, 6.07) is 0. The van der Waals surface area contributed by atoms with Gasteiger partial charge in [0.15, 0.2) is 0 Å². The molecule has 0 saturated carbocycles. The Morgan fingerprint density at radius 3 is 2.27 bits per heavy atom. The van der Waals surface area contributed by atoms with Gasteiger partial charge in [0.05, 0.1) is 6.61 Å². The van der Waals surface area contributed by atoms with Crippen LogP contribution in [-0.2, 0) is 5.11 Å². The summed E-state index contributed by atoms with van der Waals surface area (Å²) < 4.78 is 0. The van der Waals surface area contributed by atoms with Crippen molar-refractivity contribution < 1.29 is 5.11 Å². The topological polar surface area (TPSA) is 19.9 Å². The second-order valence-corrected chi connectivity index (χ2v) is 2.83. The predicted molar refractivity (Wildman–Crippen MR) is 48.1 cm³/mol. The van der Waals surface area contributed by atoms with E-state index in [0.717, 1.165) is 12.8 Å². The number of rotatable bonds is 7. The molecule has 1 heteroatoms. The van der Waals surface area contributed by atoms with Crippen molar-refractivity contribution in [3.63, 3.8) is 0 Å². The lowest BCUT2D eigenvalue weighted by molar-refractivity contribution is 0.186. The van der Waals surface area contributed by atoms with Crippen LogP contribution in [0, 0.1) is 0 Å². The third kappa shape index (κ3) is 9.70. The zero-order valence-corrected chi connectivity index (χ0v) is 7.51. The van der Waals surface area contributed by atoms with Gasteiger partial charge in [-0.1, -0.05) is 31.4 Å². The molecule has 0 N–H and O–H groups in total. The fourth-order valence-corrected chi connectivity index (χ4v) is 1.06. The maximum Gasteiger partial charge on any atom is 0.0822 e. The molecule has 0 rings (SSSR count). The van der Waals surface area contributed by atoms with Gasteiger partial charge in [0, 0.05) is 0 Å². The summed E-state index contributed by atoms with van der Waals surface area (Å²) in [7, 11) is 0. The van der Waals surface area contributed by atoms with Crippen molar-refractivity contribution in [2.75, 3.05) is 6.61 Å². The molecule has 0 aromatic heterocycles. The van der Waals surface area contributed by atoms with Crippen LogP contribution in [0.4, 0.5) is 0 Å². The molecule has 0 spiro atoms. The van der Waals surface area contributed by atoms with E-state index in [2.05, 4.69) is 19.1 Å². The highest BCUT2D eigenvalue weighted by molar-refractivity contribution is 4.76. The van der Waals surface area contributed by atoms with Crippen LogP contribution in [0.5, 0.6) is 0 Å². The molecule has 1 nitrogen and oxygen atoms in total. The minimum Gasteiger partial charge on any atom is -0.237 e. The zero-order valence-electron chi connectivity index (χ0n) is 7.51. The molecule has 0 unspecified atom stereocenters. The van der Waals surface area contributed by atoms with Gasteiger partial charge in [0.25, 0.3) is 0 Å². The first-order chi connectivity index (χ1) is 5.41. The molecule has 0 aliphatic rings. The van der Waals surface area contributed by atoms with E-state index >= 15 is 0 Å². The first-order valence-electron chi connectivity index (χ1n) is 4.61. The minimum atomic E-state index is 0.106. The normalized spacial score (nSPS) is 11.1. The number of hydrogen-bond donors (Lipinski definition) is 0. The Morgan fingerprint density at radius 1 is 1.00 bits per heavy atom. The highest BCUT2D eigenvalue weighted by Crippen LogP contribution is 2.05. The summed E-state index contributed by atoms with van der Waals surface area (Å²) in [5, 5.41) is 10.1. The van der Waals surface area contributed by atoms with E-state index in [9.17, 15) is 5.11 Å². The van der Waals surface area contributed by atoms with Crippen molar-refractivity contribution in [1.29, 1.82) is 0 Å². The van der Waals surface area contributed by atoms with E-state index in [1.54, 1.807) is 0 Å². The minimum absolute atomic E-state index is 0.106. The van der Waals surface area contributed by atoms with Crippen LogP contribution in [0.15, 0.2) is 12.2 Å². The van der Waals surface area contributed by atoms with Crippen LogP contribution in [0.3, 0.4) is 0 Å². The van der Waals surface area contributed by atoms with Crippen molar-refractivity contribution in [1.82, 2.24) is 0 Å². The molecule has 1 radical (unpaired) electrons. The Hall–Kier alpha value is -0.300. The Labute approximate surface area is 70.1 Å². The smallest absolute Gasteiger partial charge is 0.0822 e. The van der Waals surface area contributed by atoms with Crippen molar-refractivity contribution in [3.8, 4) is 0 Å². The zero-order chi connectivity index (χ0) is 8.36. The number of allylic oxidation sites excluding steroid dienone is 2. The third-order valence-electron chi connectivity index (χ3n) is 1.75. The molecule has 65 valence electrons. The molecular weight excluding hydrogens is 136 g/mol. The second-order valence-electron chi connectivity index (χ2n) is 2.83. The van der Waals surface area contributed by atoms with Crippen LogP contribution >= 0.6 is 0 Å². The van der Waals surface area contributed by atoms with Crippen molar-refractivity contribution >= 4 is 0 Å². The first-order valence-corrected chi connectivity index (χ1v) is 4.61. The summed E-state index contributed by atoms with van der Waals surface area (Å²) in [5.74, 6) is 0. The number of hydrogen-bond acceptors (Lipinski definition) is 0. The highest BCUT2D eigenvalue weighted by Gasteiger charge is 1.87. The largest absolute Gasteiger partial charge is 0.237 e. The average molecular weight is 155 g/mol. The molecular formula is C10H19O. The van der Waals surface area contributed by atoms with E-state index in [1.165, 1.54) is 25.7 Å². The highest BCUT2D eigenvalue weighted by atomic mass is 16.2. The van der Waals surface area contributed by atoms with Gasteiger partial charge in [-0.3, -0.25) is 0 Å². The maximum absolute atomic E-state index is 10.1. The van der Waals surface area contributed by atoms with E-state index in [1.807, 2.05) is 0 Å². The Balaban J connectivity index is 2.79. The predicted octanol–water partition coefficient (Wildman–Crippen LogP) is 3.33. The van der Waals surface area contributed by atoms with Crippen LogP contribution in [-0.4, -0.2) is 6.61 Å². The molecule has 0 aliphatic carbocycles. The van der Waals surface area contributed by atoms with Gasteiger partial charge in [-0.05, 0) is 26.2 Å². The summed E-state index contributed by atoms with van der Waals surface area (Å²) in [4.78, 5) is 0. The molecule has 0 atom stereocenters. The molecule has 0 aromatic carbocycles. The Bertz CT molecular complexity index is 86.9. The monoisotopic (exact) mass is 155 g/mol. The van der Waals surface area contributed by atoms with Crippen LogP contribution in [0.1, 0.15) is 45.4 Å². The molecule has 0 heterocycles. The van der Waals surface area contributed by atoms with E-state index in [-0.39, 0.29) is 6.61 Å². The van der Waals surface area contributed by atoms with Crippen molar-refractivity contribution in [2.24, 2.45) is 0 Å². The summed E-state index contributed by atoms with van der Waals surface area (Å²) in [6.07, 6.45) is 11.3. The Morgan fingerprint density at radius 2 is 1.64 bits per heavy atom. The van der Waals surface area contributed by atoms with Gasteiger partial charge in [0.1, 0.15) is 0 Å². The van der Waals surface area contributed by atoms with Gasteiger partial charge in [-0.25, -0.2) is 5.11 Å². The molecule has 0 saturated heterocycles. The number of unbranched alkanes of at least 4 members (excludes halogenated alkanes) is 5. The summed E-state index contributed by atoms with van der Waals surface area (Å²) >= 11 is 0. The van der Waals surface area contributed by atoms with Crippen LogP contribution < -0.4 is 0 Å². The SMILES string of the molecule is C/C=C/CCCCCCC[O]. The van der Waals surface area contributed by atoms with Gasteiger partial charge >= 0.3 is 0 Å². The molecule has 0 aromatic rings. The van der Waals surface area contributed by atoms with Crippen LogP contribution in [0.2, 0.25) is 0 Å². The molecule has 0 amide bonds. The fourth-order valence-electron chi connectivity index (χ4n) is 1.06. The lowest BCUT2D eigenvalue weighted by Gasteiger charge is -1.96. The van der Waals surface area contributed by atoms with Gasteiger partial charge in [0.2, 0.25) is 0 Å². The second kappa shape index (κ2) is 9.70. The molecule has 0 bridgehead atoms. The van der Waals surface area contributed by atoms with Gasteiger partial charge < -0.3 is 0 Å². The standard InChI is InChI=1S/C10H19O/c1-2-3-4-5-6-7-8-9-10-11/h2-3H,4-10H2,1H3/b3-2+. The van der Waals surface area contributed by atoms with Crippen molar-refractivity contribution in [3.05, 3.63) is 12.2 Å². The lowest BCUT2D eigenvalue weighted by atomic mass is 10.1. The maximum atomic E-state index is 10.1. The first kappa shape index (κ1) is 10.7. The third-order valence-corrected chi connectivity index (χ3v) is 1.75. The van der Waals surface area contributed by atoms with Gasteiger partial charge in [-0.15, -0.1) is 0 Å². The molecule has 0 aliphatic heterocycles. The van der Waals surface area contributed by atoms with Crippen molar-refractivity contribution in [2.45, 2.75) is 45.4 Å². The summed E-state index contributed by atoms with van der Waals surface area (Å²) in [6.45, 7) is 2.16. The lowest BCUT2D eigenvalue weighted by Crippen LogP contribution is -1.81. The average Bonchev–Trinajstić information content (AvgIpc) is 2.03. The van der Waals surface area contributed by atoms with E-state index in [4.69, 9.17) is 0 Å². The van der Waals surface area contributed by atoms with Gasteiger partial charge in [-0.2, -0.15) is 0 Å². The van der Waals surface area contributed by atoms with E-state index < -0.39 is 0 Å².